The molecule has 1 N–H and O–H groups in total. The second-order valence-electron chi connectivity index (χ2n) is 5.60. The first kappa shape index (κ1) is 18.9. The molecule has 10 heteroatoms. The molecule has 0 saturated carbocycles. The lowest BCUT2D eigenvalue weighted by atomic mass is 10.3. The van der Waals surface area contributed by atoms with Crippen LogP contribution in [0.25, 0.3) is 0 Å². The fourth-order valence-electron chi connectivity index (χ4n) is 2.12. The number of benzene rings is 1. The number of hydrogen-bond donors (Lipinski definition) is 1. The van der Waals surface area contributed by atoms with Crippen molar-refractivity contribution in [3.8, 4) is 5.75 Å². The molecule has 0 aliphatic rings. The van der Waals surface area contributed by atoms with Crippen molar-refractivity contribution in [1.29, 1.82) is 0 Å². The first-order chi connectivity index (χ1) is 11.7. The van der Waals surface area contributed by atoms with Crippen LogP contribution in [0.1, 0.15) is 19.7 Å². The number of aliphatic carboxylic acids is 1. The summed E-state index contributed by atoms with van der Waals surface area (Å²) >= 11 is 0. The Balaban J connectivity index is 2.14. The van der Waals surface area contributed by atoms with E-state index < -0.39 is 28.6 Å². The molecule has 136 valence electrons. The van der Waals surface area contributed by atoms with Gasteiger partial charge in [-0.2, -0.15) is 9.40 Å². The van der Waals surface area contributed by atoms with Crippen LogP contribution in [0.2, 0.25) is 0 Å². The number of aryl methyl sites for hydroxylation is 1. The van der Waals surface area contributed by atoms with Crippen LogP contribution in [0, 0.1) is 0 Å². The van der Waals surface area contributed by atoms with E-state index in [4.69, 9.17) is 9.84 Å². The number of carbonyl (C=O) groups is 1. The van der Waals surface area contributed by atoms with Gasteiger partial charge >= 0.3 is 5.97 Å². The molecule has 0 unspecified atom stereocenters. The molecule has 1 aromatic heterocycles. The minimum absolute atomic E-state index is 0.00783. The maximum atomic E-state index is 12.6. The molecule has 1 heterocycles. The second kappa shape index (κ2) is 7.62. The maximum Gasteiger partial charge on any atom is 0.318 e. The van der Waals surface area contributed by atoms with Crippen molar-refractivity contribution in [3.63, 3.8) is 0 Å². The van der Waals surface area contributed by atoms with Crippen LogP contribution in [0.5, 0.6) is 5.75 Å². The third-order valence-electron chi connectivity index (χ3n) is 3.47. The van der Waals surface area contributed by atoms with Gasteiger partial charge in [0, 0.05) is 13.1 Å². The molecule has 0 aliphatic carbocycles. The Morgan fingerprint density at radius 2 is 1.96 bits per heavy atom. The third kappa shape index (κ3) is 4.54. The van der Waals surface area contributed by atoms with Gasteiger partial charge in [-0.1, -0.05) is 0 Å². The predicted molar refractivity (Wildman–Crippen MR) is 88.4 cm³/mol. The van der Waals surface area contributed by atoms with Crippen molar-refractivity contribution in [2.24, 2.45) is 7.05 Å². The van der Waals surface area contributed by atoms with Gasteiger partial charge in [0.1, 0.15) is 25.2 Å². The minimum Gasteiger partial charge on any atom is -0.486 e. The van der Waals surface area contributed by atoms with E-state index in [-0.39, 0.29) is 11.5 Å². The highest BCUT2D eigenvalue weighted by Gasteiger charge is 2.28. The van der Waals surface area contributed by atoms with Gasteiger partial charge in [-0.25, -0.2) is 13.4 Å². The predicted octanol–water partition coefficient (Wildman–Crippen LogP) is 0.878. The van der Waals surface area contributed by atoms with E-state index in [1.807, 2.05) is 0 Å². The highest BCUT2D eigenvalue weighted by molar-refractivity contribution is 7.89. The largest absolute Gasteiger partial charge is 0.486 e. The molecule has 0 amide bonds. The summed E-state index contributed by atoms with van der Waals surface area (Å²) in [5, 5.41) is 12.9. The number of hydrogen-bond acceptors (Lipinski definition) is 6. The molecule has 0 atom stereocenters. The smallest absolute Gasteiger partial charge is 0.318 e. The van der Waals surface area contributed by atoms with Crippen molar-refractivity contribution in [2.45, 2.75) is 31.4 Å². The van der Waals surface area contributed by atoms with E-state index in [1.54, 1.807) is 25.6 Å². The van der Waals surface area contributed by atoms with Crippen molar-refractivity contribution in [1.82, 2.24) is 19.1 Å². The van der Waals surface area contributed by atoms with E-state index in [1.165, 1.54) is 30.6 Å². The highest BCUT2D eigenvalue weighted by atomic mass is 32.2. The summed E-state index contributed by atoms with van der Waals surface area (Å²) in [6, 6.07) is 5.33. The zero-order valence-electron chi connectivity index (χ0n) is 14.2. The standard InChI is InChI=1S/C15H20N4O5S/c1-11(2)19(8-15(20)21)25(22,23)13-6-4-12(5-7-13)24-9-14-16-10-17-18(14)3/h4-7,10-11H,8-9H2,1-3H3,(H,20,21). The van der Waals surface area contributed by atoms with Crippen LogP contribution >= 0.6 is 0 Å². The van der Waals surface area contributed by atoms with Gasteiger partial charge in [0.25, 0.3) is 0 Å². The SMILES string of the molecule is CC(C)N(CC(=O)O)S(=O)(=O)c1ccc(OCc2ncnn2C)cc1. The Bertz CT molecular complexity index is 830. The minimum atomic E-state index is -3.91. The first-order valence-corrected chi connectivity index (χ1v) is 8.95. The van der Waals surface area contributed by atoms with E-state index in [0.29, 0.717) is 11.6 Å². The van der Waals surface area contributed by atoms with Gasteiger partial charge in [0.05, 0.1) is 4.90 Å². The summed E-state index contributed by atoms with van der Waals surface area (Å²) in [5.41, 5.74) is 0. The highest BCUT2D eigenvalue weighted by Crippen LogP contribution is 2.21. The number of aromatic nitrogens is 3. The van der Waals surface area contributed by atoms with Gasteiger partial charge in [0.15, 0.2) is 5.82 Å². The average Bonchev–Trinajstić information content (AvgIpc) is 2.95. The summed E-state index contributed by atoms with van der Waals surface area (Å²) in [6.07, 6.45) is 1.41. The fraction of sp³-hybridized carbons (Fsp3) is 0.400. The lowest BCUT2D eigenvalue weighted by Gasteiger charge is -2.24. The topological polar surface area (TPSA) is 115 Å². The fourth-order valence-corrected chi connectivity index (χ4v) is 3.71. The molecule has 2 aromatic rings. The Kier molecular flexibility index (Phi) is 5.75. The van der Waals surface area contributed by atoms with Crippen LogP contribution in [-0.2, 0) is 28.5 Å². The Morgan fingerprint density at radius 1 is 1.32 bits per heavy atom. The molecular formula is C15H20N4O5S. The summed E-state index contributed by atoms with van der Waals surface area (Å²) < 4.78 is 33.3. The van der Waals surface area contributed by atoms with Crippen molar-refractivity contribution in [3.05, 3.63) is 36.4 Å². The molecule has 25 heavy (non-hydrogen) atoms. The third-order valence-corrected chi connectivity index (χ3v) is 5.51. The lowest BCUT2D eigenvalue weighted by Crippen LogP contribution is -2.40. The van der Waals surface area contributed by atoms with E-state index in [2.05, 4.69) is 10.1 Å². The summed E-state index contributed by atoms with van der Waals surface area (Å²) in [6.45, 7) is 2.85. The van der Waals surface area contributed by atoms with Crippen molar-refractivity contribution < 1.29 is 23.1 Å². The number of ether oxygens (including phenoxy) is 1. The van der Waals surface area contributed by atoms with Gasteiger partial charge in [-0.3, -0.25) is 9.48 Å². The summed E-state index contributed by atoms with van der Waals surface area (Å²) in [7, 11) is -2.17. The molecule has 0 bridgehead atoms. The van der Waals surface area contributed by atoms with Crippen LogP contribution < -0.4 is 4.74 Å². The monoisotopic (exact) mass is 368 g/mol. The zero-order chi connectivity index (χ0) is 18.6. The number of carboxylic acids is 1. The first-order valence-electron chi connectivity index (χ1n) is 7.51. The molecule has 0 spiro atoms. The molecule has 1 aromatic carbocycles. The van der Waals surface area contributed by atoms with Crippen LogP contribution in [0.3, 0.4) is 0 Å². The molecule has 0 saturated heterocycles. The Hall–Kier alpha value is -2.46. The molecule has 0 aliphatic heterocycles. The molecule has 9 nitrogen and oxygen atoms in total. The summed E-state index contributed by atoms with van der Waals surface area (Å²) in [4.78, 5) is 15.0. The normalized spacial score (nSPS) is 11.9. The lowest BCUT2D eigenvalue weighted by molar-refractivity contribution is -0.137. The second-order valence-corrected chi connectivity index (χ2v) is 7.49. The van der Waals surface area contributed by atoms with E-state index >= 15 is 0 Å². The molecule has 0 radical (unpaired) electrons. The molecule has 0 fully saturated rings. The van der Waals surface area contributed by atoms with Gasteiger partial charge in [0.2, 0.25) is 10.0 Å². The van der Waals surface area contributed by atoms with Gasteiger partial charge < -0.3 is 9.84 Å². The quantitative estimate of drug-likeness (QED) is 0.735. The molecule has 2 rings (SSSR count). The Labute approximate surface area is 145 Å². The Morgan fingerprint density at radius 3 is 2.44 bits per heavy atom. The number of nitrogens with zero attached hydrogens (tertiary/aromatic N) is 4. The van der Waals surface area contributed by atoms with Crippen molar-refractivity contribution in [2.75, 3.05) is 6.54 Å². The number of sulfonamides is 1. The maximum absolute atomic E-state index is 12.6. The zero-order valence-corrected chi connectivity index (χ0v) is 15.0. The van der Waals surface area contributed by atoms with Gasteiger partial charge in [-0.15, -0.1) is 0 Å². The van der Waals surface area contributed by atoms with E-state index in [9.17, 15) is 13.2 Å². The van der Waals surface area contributed by atoms with Crippen LogP contribution in [0.4, 0.5) is 0 Å². The summed E-state index contributed by atoms with van der Waals surface area (Å²) in [5.74, 6) is -0.110. The van der Waals surface area contributed by atoms with E-state index in [0.717, 1.165) is 4.31 Å². The average molecular weight is 368 g/mol. The number of rotatable bonds is 8. The van der Waals surface area contributed by atoms with Crippen LogP contribution in [-0.4, -0.2) is 51.1 Å². The van der Waals surface area contributed by atoms with Crippen molar-refractivity contribution >= 4 is 16.0 Å². The number of carboxylic acid groups (broad SMARTS) is 1. The van der Waals surface area contributed by atoms with Gasteiger partial charge in [-0.05, 0) is 38.1 Å². The molecular weight excluding hydrogens is 348 g/mol. The van der Waals surface area contributed by atoms with Crippen LogP contribution in [0.15, 0.2) is 35.5 Å².